The highest BCUT2D eigenvalue weighted by molar-refractivity contribution is 8.07. The van der Waals surface area contributed by atoms with Gasteiger partial charge in [0.2, 0.25) is 0 Å². The van der Waals surface area contributed by atoms with E-state index in [0.717, 1.165) is 10.5 Å². The van der Waals surface area contributed by atoms with E-state index in [1.54, 1.807) is 0 Å². The molecule has 1 heterocycles. The molecule has 1 aliphatic rings. The third kappa shape index (κ3) is 3.52. The average molecular weight is 231 g/mol. The summed E-state index contributed by atoms with van der Waals surface area (Å²) in [6.07, 6.45) is 2.36. The van der Waals surface area contributed by atoms with E-state index in [1.165, 1.54) is 17.1 Å². The van der Waals surface area contributed by atoms with Crippen LogP contribution in [-0.4, -0.2) is 35.1 Å². The first-order chi connectivity index (χ1) is 6.65. The lowest BCUT2D eigenvalue weighted by Gasteiger charge is -2.33. The lowest BCUT2D eigenvalue weighted by molar-refractivity contribution is 0.621. The third-order valence-electron chi connectivity index (χ3n) is 2.44. The molecule has 3 atom stereocenters. The van der Waals surface area contributed by atoms with Crippen molar-refractivity contribution >= 4 is 23.5 Å². The minimum Gasteiger partial charge on any atom is -0.313 e. The summed E-state index contributed by atoms with van der Waals surface area (Å²) in [6.45, 7) is 6.70. The maximum atomic E-state index is 3.42. The summed E-state index contributed by atoms with van der Waals surface area (Å²) in [5.41, 5.74) is 1.41. The molecule has 0 aromatic carbocycles. The number of hydrogen-bond donors (Lipinski definition) is 1. The highest BCUT2D eigenvalue weighted by atomic mass is 32.2. The summed E-state index contributed by atoms with van der Waals surface area (Å²) >= 11 is 4.22. The van der Waals surface area contributed by atoms with Gasteiger partial charge in [-0.3, -0.25) is 0 Å². The minimum absolute atomic E-state index is 0.535. The van der Waals surface area contributed by atoms with Gasteiger partial charge in [-0.15, -0.1) is 0 Å². The Labute approximate surface area is 96.5 Å². The normalized spacial score (nSPS) is 29.7. The second-order valence-corrected chi connectivity index (χ2v) is 6.74. The zero-order valence-electron chi connectivity index (χ0n) is 9.54. The smallest absolute Gasteiger partial charge is 0.0380 e. The van der Waals surface area contributed by atoms with Crippen LogP contribution in [0.15, 0.2) is 11.6 Å². The number of hydrogen-bond acceptors (Lipinski definition) is 3. The van der Waals surface area contributed by atoms with Gasteiger partial charge in [0.1, 0.15) is 0 Å². The van der Waals surface area contributed by atoms with E-state index < -0.39 is 0 Å². The summed E-state index contributed by atoms with van der Waals surface area (Å²) in [5.74, 6) is 2.61. The Kier molecular flexibility index (Phi) is 5.42. The molecule has 1 aliphatic heterocycles. The molecular weight excluding hydrogens is 210 g/mol. The zero-order valence-corrected chi connectivity index (χ0v) is 11.2. The van der Waals surface area contributed by atoms with Crippen LogP contribution in [0.1, 0.15) is 20.8 Å². The summed E-state index contributed by atoms with van der Waals surface area (Å²) in [5, 5.41) is 4.92. The van der Waals surface area contributed by atoms with E-state index in [2.05, 4.69) is 62.7 Å². The van der Waals surface area contributed by atoms with Crippen LogP contribution in [-0.2, 0) is 0 Å². The molecule has 0 radical (unpaired) electrons. The van der Waals surface area contributed by atoms with Gasteiger partial charge in [0.25, 0.3) is 0 Å². The van der Waals surface area contributed by atoms with Gasteiger partial charge in [0.05, 0.1) is 0 Å². The lowest BCUT2D eigenvalue weighted by atomic mass is 10.1. The molecule has 1 fully saturated rings. The Morgan fingerprint density at radius 2 is 2.00 bits per heavy atom. The van der Waals surface area contributed by atoms with Crippen LogP contribution in [0.3, 0.4) is 0 Å². The van der Waals surface area contributed by atoms with Gasteiger partial charge >= 0.3 is 0 Å². The van der Waals surface area contributed by atoms with Gasteiger partial charge in [-0.2, -0.15) is 23.5 Å². The molecule has 0 saturated carbocycles. The Morgan fingerprint density at radius 3 is 2.50 bits per heavy atom. The van der Waals surface area contributed by atoms with Crippen LogP contribution in [0.25, 0.3) is 0 Å². The molecule has 14 heavy (non-hydrogen) atoms. The van der Waals surface area contributed by atoms with Gasteiger partial charge in [0.15, 0.2) is 0 Å². The van der Waals surface area contributed by atoms with Crippen molar-refractivity contribution < 1.29 is 0 Å². The van der Waals surface area contributed by atoms with Gasteiger partial charge in [-0.1, -0.05) is 18.6 Å². The highest BCUT2D eigenvalue weighted by Crippen LogP contribution is 2.33. The van der Waals surface area contributed by atoms with Crippen molar-refractivity contribution in [3.63, 3.8) is 0 Å². The summed E-state index contributed by atoms with van der Waals surface area (Å²) in [6, 6.07) is 0.535. The van der Waals surface area contributed by atoms with Crippen molar-refractivity contribution in [3.05, 3.63) is 11.6 Å². The molecule has 1 rings (SSSR count). The summed E-state index contributed by atoms with van der Waals surface area (Å²) in [4.78, 5) is 0. The molecule has 0 aromatic heterocycles. The second kappa shape index (κ2) is 6.09. The van der Waals surface area contributed by atoms with Crippen molar-refractivity contribution in [2.45, 2.75) is 37.3 Å². The van der Waals surface area contributed by atoms with E-state index in [1.807, 2.05) is 0 Å². The molecule has 3 unspecified atom stereocenters. The molecule has 82 valence electrons. The largest absolute Gasteiger partial charge is 0.313 e. The number of rotatable bonds is 3. The van der Waals surface area contributed by atoms with Crippen molar-refractivity contribution in [2.24, 2.45) is 0 Å². The zero-order chi connectivity index (χ0) is 10.6. The fourth-order valence-corrected chi connectivity index (χ4v) is 4.68. The predicted molar refractivity (Wildman–Crippen MR) is 70.4 cm³/mol. The van der Waals surface area contributed by atoms with Crippen LogP contribution in [0.2, 0.25) is 0 Å². The molecule has 1 nitrogen and oxygen atoms in total. The summed E-state index contributed by atoms with van der Waals surface area (Å²) < 4.78 is 0. The number of likely N-dealkylation sites (N-methyl/N-ethyl adjacent to an activating group) is 1. The Balaban J connectivity index is 2.62. The number of nitrogens with one attached hydrogen (secondary N) is 1. The Morgan fingerprint density at radius 1 is 1.36 bits per heavy atom. The Hall–Kier alpha value is 0.400. The molecule has 0 bridgehead atoms. The van der Waals surface area contributed by atoms with E-state index >= 15 is 0 Å². The average Bonchev–Trinajstić information content (AvgIpc) is 2.15. The molecule has 0 aromatic rings. The fourth-order valence-electron chi connectivity index (χ4n) is 1.75. The molecule has 3 heteroatoms. The van der Waals surface area contributed by atoms with Crippen molar-refractivity contribution in [3.8, 4) is 0 Å². The first-order valence-electron chi connectivity index (χ1n) is 5.20. The van der Waals surface area contributed by atoms with Crippen LogP contribution in [0.5, 0.6) is 0 Å². The molecule has 0 amide bonds. The lowest BCUT2D eigenvalue weighted by Crippen LogP contribution is -2.41. The topological polar surface area (TPSA) is 12.0 Å². The van der Waals surface area contributed by atoms with Crippen molar-refractivity contribution in [1.29, 1.82) is 0 Å². The van der Waals surface area contributed by atoms with Crippen molar-refractivity contribution in [2.75, 3.05) is 18.6 Å². The SMILES string of the molecule is CNC(C=C(C)C)C1SCCSC1C. The van der Waals surface area contributed by atoms with Gasteiger partial charge < -0.3 is 5.32 Å². The first-order valence-corrected chi connectivity index (χ1v) is 7.30. The molecule has 0 spiro atoms. The van der Waals surface area contributed by atoms with Crippen LogP contribution in [0.4, 0.5) is 0 Å². The Bertz CT molecular complexity index is 199. The number of allylic oxidation sites excluding steroid dienone is 1. The maximum absolute atomic E-state index is 3.42. The van der Waals surface area contributed by atoms with E-state index in [-0.39, 0.29) is 0 Å². The molecule has 0 aliphatic carbocycles. The number of thioether (sulfide) groups is 2. The van der Waals surface area contributed by atoms with Gasteiger partial charge in [-0.25, -0.2) is 0 Å². The van der Waals surface area contributed by atoms with E-state index in [4.69, 9.17) is 0 Å². The second-order valence-electron chi connectivity index (χ2n) is 3.97. The van der Waals surface area contributed by atoms with Crippen molar-refractivity contribution in [1.82, 2.24) is 5.32 Å². The quantitative estimate of drug-likeness (QED) is 0.750. The van der Waals surface area contributed by atoms with Crippen LogP contribution >= 0.6 is 23.5 Å². The molecule has 1 N–H and O–H groups in total. The van der Waals surface area contributed by atoms with Crippen LogP contribution < -0.4 is 5.32 Å². The predicted octanol–water partition coefficient (Wildman–Crippen LogP) is 2.78. The van der Waals surface area contributed by atoms with E-state index in [9.17, 15) is 0 Å². The summed E-state index contributed by atoms with van der Waals surface area (Å²) in [7, 11) is 2.07. The third-order valence-corrected chi connectivity index (χ3v) is 5.65. The first kappa shape index (κ1) is 12.5. The standard InChI is InChI=1S/C11H21NS2/c1-8(2)7-10(12-4)11-9(3)13-5-6-14-11/h7,9-12H,5-6H2,1-4H3. The molecule has 1 saturated heterocycles. The van der Waals surface area contributed by atoms with Crippen LogP contribution in [0, 0.1) is 0 Å². The fraction of sp³-hybridized carbons (Fsp3) is 0.818. The highest BCUT2D eigenvalue weighted by Gasteiger charge is 2.27. The monoisotopic (exact) mass is 231 g/mol. The molecular formula is C11H21NS2. The maximum Gasteiger partial charge on any atom is 0.0380 e. The minimum atomic E-state index is 0.535. The van der Waals surface area contributed by atoms with Gasteiger partial charge in [-0.05, 0) is 20.9 Å². The van der Waals surface area contributed by atoms with E-state index in [0.29, 0.717) is 6.04 Å². The van der Waals surface area contributed by atoms with Gasteiger partial charge in [0, 0.05) is 28.0 Å².